The van der Waals surface area contributed by atoms with Gasteiger partial charge in [0.15, 0.2) is 5.69 Å². The number of nitrogens with zero attached hydrogens (tertiary/aromatic N) is 3. The third-order valence-corrected chi connectivity index (χ3v) is 3.87. The van der Waals surface area contributed by atoms with Crippen LogP contribution < -0.4 is 4.90 Å². The Morgan fingerprint density at radius 3 is 2.54 bits per heavy atom. The second-order valence-electron chi connectivity index (χ2n) is 5.49. The number of rotatable bonds is 3. The SMILES string of the molecule is O=C(O)C1CCCN1c1nc(-c2ccccc2)cc(C(F)(F)F)n1. The molecule has 0 amide bonds. The van der Waals surface area contributed by atoms with Crippen LogP contribution in [-0.4, -0.2) is 33.6 Å². The molecular formula is C16H14F3N3O2. The quantitative estimate of drug-likeness (QED) is 0.931. The number of carbonyl (C=O) groups is 1. The van der Waals surface area contributed by atoms with Crippen molar-refractivity contribution in [3.05, 3.63) is 42.1 Å². The van der Waals surface area contributed by atoms with Crippen molar-refractivity contribution in [1.29, 1.82) is 0 Å². The largest absolute Gasteiger partial charge is 0.480 e. The summed E-state index contributed by atoms with van der Waals surface area (Å²) in [7, 11) is 0. The molecule has 1 atom stereocenters. The smallest absolute Gasteiger partial charge is 0.433 e. The van der Waals surface area contributed by atoms with Gasteiger partial charge in [-0.25, -0.2) is 14.8 Å². The molecule has 1 aromatic heterocycles. The first-order chi connectivity index (χ1) is 11.4. The van der Waals surface area contributed by atoms with Crippen LogP contribution in [0, 0.1) is 0 Å². The molecule has 1 saturated heterocycles. The second-order valence-corrected chi connectivity index (χ2v) is 5.49. The van der Waals surface area contributed by atoms with Crippen LogP contribution in [0.5, 0.6) is 0 Å². The van der Waals surface area contributed by atoms with Crippen molar-refractivity contribution < 1.29 is 23.1 Å². The third kappa shape index (κ3) is 3.17. The third-order valence-electron chi connectivity index (χ3n) is 3.87. The fourth-order valence-electron chi connectivity index (χ4n) is 2.73. The van der Waals surface area contributed by atoms with Crippen LogP contribution in [0.25, 0.3) is 11.3 Å². The van der Waals surface area contributed by atoms with E-state index in [2.05, 4.69) is 9.97 Å². The molecule has 2 aromatic rings. The van der Waals surface area contributed by atoms with E-state index in [1.165, 1.54) is 4.90 Å². The maximum atomic E-state index is 13.2. The van der Waals surface area contributed by atoms with E-state index in [9.17, 15) is 23.1 Å². The van der Waals surface area contributed by atoms with Crippen LogP contribution in [0.2, 0.25) is 0 Å². The topological polar surface area (TPSA) is 66.3 Å². The fourth-order valence-corrected chi connectivity index (χ4v) is 2.73. The van der Waals surface area contributed by atoms with Gasteiger partial charge in [0.2, 0.25) is 5.95 Å². The lowest BCUT2D eigenvalue weighted by atomic mass is 10.1. The minimum Gasteiger partial charge on any atom is -0.480 e. The Labute approximate surface area is 135 Å². The first-order valence-electron chi connectivity index (χ1n) is 7.37. The zero-order valence-corrected chi connectivity index (χ0v) is 12.5. The molecular weight excluding hydrogens is 323 g/mol. The van der Waals surface area contributed by atoms with E-state index in [0.717, 1.165) is 6.07 Å². The molecule has 5 nitrogen and oxygen atoms in total. The molecule has 3 rings (SSSR count). The molecule has 0 saturated carbocycles. The van der Waals surface area contributed by atoms with Gasteiger partial charge in [0, 0.05) is 12.1 Å². The van der Waals surface area contributed by atoms with Crippen LogP contribution in [0.15, 0.2) is 36.4 Å². The first kappa shape index (κ1) is 16.2. The fraction of sp³-hybridized carbons (Fsp3) is 0.312. The van der Waals surface area contributed by atoms with E-state index < -0.39 is 23.9 Å². The van der Waals surface area contributed by atoms with Crippen molar-refractivity contribution in [2.75, 3.05) is 11.4 Å². The van der Waals surface area contributed by atoms with Crippen molar-refractivity contribution in [2.45, 2.75) is 25.1 Å². The van der Waals surface area contributed by atoms with Crippen molar-refractivity contribution >= 4 is 11.9 Å². The van der Waals surface area contributed by atoms with Gasteiger partial charge < -0.3 is 10.0 Å². The minimum atomic E-state index is -4.64. The minimum absolute atomic E-state index is 0.115. The summed E-state index contributed by atoms with van der Waals surface area (Å²) >= 11 is 0. The Kier molecular flexibility index (Phi) is 4.13. The Morgan fingerprint density at radius 2 is 1.92 bits per heavy atom. The summed E-state index contributed by atoms with van der Waals surface area (Å²) < 4.78 is 39.5. The average molecular weight is 337 g/mol. The van der Waals surface area contributed by atoms with E-state index in [1.807, 2.05) is 0 Å². The number of hydrogen-bond acceptors (Lipinski definition) is 4. The first-order valence-corrected chi connectivity index (χ1v) is 7.37. The van der Waals surface area contributed by atoms with Gasteiger partial charge in [0.25, 0.3) is 0 Å². The number of halogens is 3. The van der Waals surface area contributed by atoms with E-state index in [0.29, 0.717) is 24.9 Å². The molecule has 24 heavy (non-hydrogen) atoms. The van der Waals surface area contributed by atoms with E-state index in [-0.39, 0.29) is 11.6 Å². The zero-order chi connectivity index (χ0) is 17.3. The molecule has 1 aliphatic heterocycles. The van der Waals surface area contributed by atoms with Gasteiger partial charge in [0.1, 0.15) is 6.04 Å². The highest BCUT2D eigenvalue weighted by Crippen LogP contribution is 2.33. The van der Waals surface area contributed by atoms with Gasteiger partial charge >= 0.3 is 12.1 Å². The molecule has 0 spiro atoms. The number of aromatic nitrogens is 2. The predicted octanol–water partition coefficient (Wildman–Crippen LogP) is 3.22. The molecule has 1 aliphatic rings. The highest BCUT2D eigenvalue weighted by molar-refractivity contribution is 5.78. The molecule has 1 unspecified atom stereocenters. The van der Waals surface area contributed by atoms with Gasteiger partial charge in [-0.3, -0.25) is 0 Å². The van der Waals surface area contributed by atoms with Gasteiger partial charge in [-0.15, -0.1) is 0 Å². The number of aliphatic carboxylic acids is 1. The van der Waals surface area contributed by atoms with E-state index in [1.54, 1.807) is 30.3 Å². The molecule has 1 aromatic carbocycles. The molecule has 126 valence electrons. The molecule has 2 heterocycles. The van der Waals surface area contributed by atoms with E-state index in [4.69, 9.17) is 0 Å². The average Bonchev–Trinajstić information content (AvgIpc) is 3.04. The van der Waals surface area contributed by atoms with E-state index >= 15 is 0 Å². The standard InChI is InChI=1S/C16H14F3N3O2/c17-16(18,19)13-9-11(10-5-2-1-3-6-10)20-15(21-13)22-8-4-7-12(22)14(23)24/h1-3,5-6,9,12H,4,7-8H2,(H,23,24). The lowest BCUT2D eigenvalue weighted by Crippen LogP contribution is -2.37. The van der Waals surface area contributed by atoms with Crippen LogP contribution in [0.1, 0.15) is 18.5 Å². The van der Waals surface area contributed by atoms with Crippen LogP contribution in [0.4, 0.5) is 19.1 Å². The second kappa shape index (κ2) is 6.10. The Hall–Kier alpha value is -2.64. The molecule has 8 heteroatoms. The molecule has 1 N–H and O–H groups in total. The monoisotopic (exact) mass is 337 g/mol. The molecule has 0 aliphatic carbocycles. The summed E-state index contributed by atoms with van der Waals surface area (Å²) in [5.41, 5.74) is -0.455. The molecule has 1 fully saturated rings. The van der Waals surface area contributed by atoms with Gasteiger partial charge in [0.05, 0.1) is 5.69 Å². The van der Waals surface area contributed by atoms with Crippen LogP contribution in [0.3, 0.4) is 0 Å². The molecule has 0 bridgehead atoms. The number of carboxylic acid groups (broad SMARTS) is 1. The number of carboxylic acids is 1. The Bertz CT molecular complexity index is 750. The Balaban J connectivity index is 2.11. The van der Waals surface area contributed by atoms with Crippen LogP contribution >= 0.6 is 0 Å². The summed E-state index contributed by atoms with van der Waals surface area (Å²) in [6, 6.07) is 8.40. The summed E-state index contributed by atoms with van der Waals surface area (Å²) in [6.45, 7) is 0.312. The van der Waals surface area contributed by atoms with Gasteiger partial charge in [-0.05, 0) is 18.9 Å². The number of benzene rings is 1. The lowest BCUT2D eigenvalue weighted by molar-refractivity contribution is -0.141. The zero-order valence-electron chi connectivity index (χ0n) is 12.5. The van der Waals surface area contributed by atoms with Crippen molar-refractivity contribution in [3.63, 3.8) is 0 Å². The molecule has 0 radical (unpaired) electrons. The number of hydrogen-bond donors (Lipinski definition) is 1. The number of anilines is 1. The van der Waals surface area contributed by atoms with Crippen LogP contribution in [-0.2, 0) is 11.0 Å². The van der Waals surface area contributed by atoms with Crippen molar-refractivity contribution in [2.24, 2.45) is 0 Å². The maximum Gasteiger partial charge on any atom is 0.433 e. The maximum absolute atomic E-state index is 13.2. The summed E-state index contributed by atoms with van der Waals surface area (Å²) in [4.78, 5) is 20.4. The van der Waals surface area contributed by atoms with Gasteiger partial charge in [-0.2, -0.15) is 13.2 Å². The highest BCUT2D eigenvalue weighted by Gasteiger charge is 2.37. The van der Waals surface area contributed by atoms with Crippen molar-refractivity contribution in [1.82, 2.24) is 9.97 Å². The Morgan fingerprint density at radius 1 is 1.21 bits per heavy atom. The number of alkyl halides is 3. The lowest BCUT2D eigenvalue weighted by Gasteiger charge is -2.22. The predicted molar refractivity (Wildman–Crippen MR) is 80.5 cm³/mol. The summed E-state index contributed by atoms with van der Waals surface area (Å²) in [6.07, 6.45) is -3.72. The normalized spacial score (nSPS) is 18.0. The highest BCUT2D eigenvalue weighted by atomic mass is 19.4. The van der Waals surface area contributed by atoms with Crippen molar-refractivity contribution in [3.8, 4) is 11.3 Å². The summed E-state index contributed by atoms with van der Waals surface area (Å²) in [5, 5.41) is 9.24. The summed E-state index contributed by atoms with van der Waals surface area (Å²) in [5.74, 6) is -1.29. The van der Waals surface area contributed by atoms with Gasteiger partial charge in [-0.1, -0.05) is 30.3 Å².